The Labute approximate surface area is 108 Å². The molecule has 2 rings (SSSR count). The summed E-state index contributed by atoms with van der Waals surface area (Å²) in [5.41, 5.74) is 4.85. The standard InChI is InChI=1S/C16H17NO/c1-12-9-13(2)16(14(3)10-12)17(18)11-15-7-5-4-6-8-15/h4-11H,1-3H3. The summed E-state index contributed by atoms with van der Waals surface area (Å²) < 4.78 is 0.958. The van der Waals surface area contributed by atoms with E-state index >= 15 is 0 Å². The van der Waals surface area contributed by atoms with Crippen molar-refractivity contribution in [1.82, 2.24) is 0 Å². The van der Waals surface area contributed by atoms with Crippen molar-refractivity contribution in [1.29, 1.82) is 0 Å². The molecular weight excluding hydrogens is 222 g/mol. The predicted molar refractivity (Wildman–Crippen MR) is 75.5 cm³/mol. The van der Waals surface area contributed by atoms with E-state index in [2.05, 4.69) is 0 Å². The fourth-order valence-corrected chi connectivity index (χ4v) is 2.26. The van der Waals surface area contributed by atoms with Crippen LogP contribution in [0.1, 0.15) is 22.3 Å². The van der Waals surface area contributed by atoms with Gasteiger partial charge in [-0.3, -0.25) is 0 Å². The smallest absolute Gasteiger partial charge is 0.222 e. The van der Waals surface area contributed by atoms with Crippen LogP contribution in [0.25, 0.3) is 0 Å². The normalized spacial score (nSPS) is 11.6. The van der Waals surface area contributed by atoms with Crippen molar-refractivity contribution in [2.45, 2.75) is 20.8 Å². The van der Waals surface area contributed by atoms with E-state index in [0.29, 0.717) is 0 Å². The van der Waals surface area contributed by atoms with Crippen LogP contribution in [-0.4, -0.2) is 11.0 Å². The number of nitrogens with zero attached hydrogens (tertiary/aromatic N) is 1. The minimum atomic E-state index is 0.740. The van der Waals surface area contributed by atoms with E-state index in [0.717, 1.165) is 27.1 Å². The maximum Gasteiger partial charge on any atom is 0.222 e. The highest BCUT2D eigenvalue weighted by Crippen LogP contribution is 2.24. The minimum absolute atomic E-state index is 0.740. The molecule has 0 saturated carbocycles. The Morgan fingerprint density at radius 2 is 1.50 bits per heavy atom. The Hall–Kier alpha value is -2.09. The van der Waals surface area contributed by atoms with Crippen molar-refractivity contribution in [3.05, 3.63) is 69.9 Å². The molecular formula is C16H17NO. The molecule has 0 heterocycles. The SMILES string of the molecule is Cc1cc(C)c([N+]([O-])=Cc2ccccc2)c(C)c1. The Morgan fingerprint density at radius 1 is 0.944 bits per heavy atom. The van der Waals surface area contributed by atoms with Crippen LogP contribution in [0.4, 0.5) is 5.69 Å². The number of rotatable bonds is 2. The molecule has 0 amide bonds. The fraction of sp³-hybridized carbons (Fsp3) is 0.188. The van der Waals surface area contributed by atoms with E-state index in [-0.39, 0.29) is 0 Å². The highest BCUT2D eigenvalue weighted by atomic mass is 16.5. The lowest BCUT2D eigenvalue weighted by molar-refractivity contribution is -0.355. The van der Waals surface area contributed by atoms with Gasteiger partial charge in [0.2, 0.25) is 5.69 Å². The van der Waals surface area contributed by atoms with Crippen LogP contribution in [0.15, 0.2) is 42.5 Å². The van der Waals surface area contributed by atoms with Gasteiger partial charge in [-0.2, -0.15) is 4.74 Å². The quantitative estimate of drug-likeness (QED) is 0.338. The summed E-state index contributed by atoms with van der Waals surface area (Å²) in [5, 5.41) is 12.2. The van der Waals surface area contributed by atoms with Crippen LogP contribution >= 0.6 is 0 Å². The van der Waals surface area contributed by atoms with Crippen LogP contribution in [0, 0.1) is 26.0 Å². The highest BCUT2D eigenvalue weighted by Gasteiger charge is 2.11. The molecule has 2 aromatic rings. The van der Waals surface area contributed by atoms with Crippen molar-refractivity contribution in [2.24, 2.45) is 0 Å². The maximum atomic E-state index is 12.2. The van der Waals surface area contributed by atoms with Crippen LogP contribution in [-0.2, 0) is 0 Å². The molecule has 0 radical (unpaired) electrons. The lowest BCUT2D eigenvalue weighted by Crippen LogP contribution is -2.03. The molecule has 0 N–H and O–H groups in total. The minimum Gasteiger partial charge on any atom is -0.618 e. The summed E-state index contributed by atoms with van der Waals surface area (Å²) in [6.45, 7) is 5.98. The summed E-state index contributed by atoms with van der Waals surface area (Å²) >= 11 is 0. The molecule has 0 spiro atoms. The van der Waals surface area contributed by atoms with Crippen LogP contribution in [0.2, 0.25) is 0 Å². The molecule has 2 aromatic carbocycles. The Kier molecular flexibility index (Phi) is 3.47. The molecule has 0 aliphatic carbocycles. The summed E-state index contributed by atoms with van der Waals surface area (Å²) in [6, 6.07) is 13.7. The van der Waals surface area contributed by atoms with E-state index in [1.54, 1.807) is 6.21 Å². The summed E-state index contributed by atoms with van der Waals surface area (Å²) in [6.07, 6.45) is 1.62. The number of aryl methyl sites for hydroxylation is 3. The van der Waals surface area contributed by atoms with E-state index in [1.807, 2.05) is 63.2 Å². The second kappa shape index (κ2) is 5.05. The van der Waals surface area contributed by atoms with Gasteiger partial charge in [0, 0.05) is 16.7 Å². The second-order valence-corrected chi connectivity index (χ2v) is 4.61. The van der Waals surface area contributed by atoms with Crippen LogP contribution in [0.5, 0.6) is 0 Å². The number of hydrogen-bond acceptors (Lipinski definition) is 1. The Morgan fingerprint density at radius 3 is 2.06 bits per heavy atom. The monoisotopic (exact) mass is 239 g/mol. The van der Waals surface area contributed by atoms with Crippen molar-refractivity contribution in [2.75, 3.05) is 0 Å². The fourth-order valence-electron chi connectivity index (χ4n) is 2.26. The molecule has 0 aromatic heterocycles. The van der Waals surface area contributed by atoms with Gasteiger partial charge in [0.1, 0.15) is 0 Å². The van der Waals surface area contributed by atoms with E-state index in [1.165, 1.54) is 5.56 Å². The summed E-state index contributed by atoms with van der Waals surface area (Å²) in [5.74, 6) is 0. The molecule has 0 fully saturated rings. The lowest BCUT2D eigenvalue weighted by atomic mass is 10.1. The van der Waals surface area contributed by atoms with Crippen molar-refractivity contribution >= 4 is 11.9 Å². The van der Waals surface area contributed by atoms with Crippen LogP contribution in [0.3, 0.4) is 0 Å². The average molecular weight is 239 g/mol. The average Bonchev–Trinajstić information content (AvgIpc) is 2.28. The first kappa shape index (κ1) is 12.4. The molecule has 0 aliphatic heterocycles. The molecule has 2 heteroatoms. The largest absolute Gasteiger partial charge is 0.618 e. The highest BCUT2D eigenvalue weighted by molar-refractivity contribution is 5.76. The maximum absolute atomic E-state index is 12.2. The number of hydrogen-bond donors (Lipinski definition) is 0. The molecule has 0 atom stereocenters. The van der Waals surface area contributed by atoms with Gasteiger partial charge in [0.15, 0.2) is 6.21 Å². The zero-order valence-corrected chi connectivity index (χ0v) is 11.0. The third-order valence-electron chi connectivity index (χ3n) is 2.92. The number of benzene rings is 2. The molecule has 0 bridgehead atoms. The third-order valence-corrected chi connectivity index (χ3v) is 2.92. The van der Waals surface area contributed by atoms with E-state index in [4.69, 9.17) is 0 Å². The van der Waals surface area contributed by atoms with Gasteiger partial charge in [-0.15, -0.1) is 0 Å². The van der Waals surface area contributed by atoms with Gasteiger partial charge in [0.05, 0.1) is 0 Å². The first-order chi connectivity index (χ1) is 8.58. The first-order valence-electron chi connectivity index (χ1n) is 6.02. The molecule has 2 nitrogen and oxygen atoms in total. The van der Waals surface area contributed by atoms with Gasteiger partial charge in [-0.05, 0) is 45.0 Å². The lowest BCUT2D eigenvalue weighted by Gasteiger charge is -2.10. The van der Waals surface area contributed by atoms with Gasteiger partial charge in [-0.25, -0.2) is 0 Å². The van der Waals surface area contributed by atoms with Gasteiger partial charge in [0.25, 0.3) is 0 Å². The van der Waals surface area contributed by atoms with E-state index in [9.17, 15) is 5.21 Å². The zero-order chi connectivity index (χ0) is 13.1. The van der Waals surface area contributed by atoms with Gasteiger partial charge in [-0.1, -0.05) is 23.8 Å². The van der Waals surface area contributed by atoms with Gasteiger partial charge >= 0.3 is 0 Å². The zero-order valence-electron chi connectivity index (χ0n) is 11.0. The van der Waals surface area contributed by atoms with Crippen molar-refractivity contribution in [3.8, 4) is 0 Å². The molecule has 92 valence electrons. The predicted octanol–water partition coefficient (Wildman–Crippen LogP) is 3.87. The van der Waals surface area contributed by atoms with Crippen molar-refractivity contribution < 1.29 is 4.74 Å². The second-order valence-electron chi connectivity index (χ2n) is 4.61. The Bertz CT molecular complexity index is 562. The Balaban J connectivity index is 2.47. The molecule has 18 heavy (non-hydrogen) atoms. The van der Waals surface area contributed by atoms with E-state index < -0.39 is 0 Å². The van der Waals surface area contributed by atoms with Gasteiger partial charge < -0.3 is 5.21 Å². The summed E-state index contributed by atoms with van der Waals surface area (Å²) in [4.78, 5) is 0. The molecule has 0 aliphatic rings. The third kappa shape index (κ3) is 2.59. The summed E-state index contributed by atoms with van der Waals surface area (Å²) in [7, 11) is 0. The molecule has 0 saturated heterocycles. The van der Waals surface area contributed by atoms with Crippen molar-refractivity contribution in [3.63, 3.8) is 0 Å². The first-order valence-corrected chi connectivity index (χ1v) is 6.02. The topological polar surface area (TPSA) is 26.1 Å². The molecule has 0 unspecified atom stereocenters. The van der Waals surface area contributed by atoms with Crippen LogP contribution < -0.4 is 0 Å².